The van der Waals surface area contributed by atoms with Gasteiger partial charge in [-0.25, -0.2) is 5.43 Å². The number of aryl methyl sites for hydroxylation is 1. The highest BCUT2D eigenvalue weighted by Crippen LogP contribution is 2.32. The Hall–Kier alpha value is -4.53. The molecule has 0 aliphatic carbocycles. The van der Waals surface area contributed by atoms with Crippen LogP contribution in [0, 0.1) is 6.92 Å². The minimum Gasteiger partial charge on any atom is -0.490 e. The number of benzene rings is 3. The van der Waals surface area contributed by atoms with Crippen LogP contribution in [-0.2, 0) is 11.4 Å². The van der Waals surface area contributed by atoms with E-state index in [1.54, 1.807) is 30.3 Å². The summed E-state index contributed by atoms with van der Waals surface area (Å²) >= 11 is 0. The topological polar surface area (TPSA) is 107 Å². The lowest BCUT2D eigenvalue weighted by Crippen LogP contribution is -2.34. The van der Waals surface area contributed by atoms with Crippen molar-refractivity contribution in [2.45, 2.75) is 20.5 Å². The summed E-state index contributed by atoms with van der Waals surface area (Å²) in [6.07, 6.45) is 1.49. The van der Waals surface area contributed by atoms with Gasteiger partial charge in [0.2, 0.25) is 6.79 Å². The molecule has 9 nitrogen and oxygen atoms in total. The zero-order valence-electron chi connectivity index (χ0n) is 20.1. The summed E-state index contributed by atoms with van der Waals surface area (Å²) in [6.45, 7) is 4.71. The summed E-state index contributed by atoms with van der Waals surface area (Å²) in [7, 11) is 0. The third kappa shape index (κ3) is 6.53. The quantitative estimate of drug-likeness (QED) is 0.333. The van der Waals surface area contributed by atoms with Crippen LogP contribution >= 0.6 is 0 Å². The summed E-state index contributed by atoms with van der Waals surface area (Å²) < 4.78 is 22.1. The highest BCUT2D eigenvalue weighted by Gasteiger charge is 2.16. The fourth-order valence-corrected chi connectivity index (χ4v) is 3.36. The largest absolute Gasteiger partial charge is 0.490 e. The van der Waals surface area contributed by atoms with Gasteiger partial charge in [0.1, 0.15) is 6.61 Å². The fraction of sp³-hybridized carbons (Fsp3) is 0.222. The van der Waals surface area contributed by atoms with E-state index in [2.05, 4.69) is 15.8 Å². The van der Waals surface area contributed by atoms with Crippen molar-refractivity contribution < 1.29 is 28.5 Å². The predicted molar refractivity (Wildman–Crippen MR) is 134 cm³/mol. The molecule has 2 N–H and O–H groups in total. The van der Waals surface area contributed by atoms with E-state index >= 15 is 0 Å². The van der Waals surface area contributed by atoms with Gasteiger partial charge in [-0.2, -0.15) is 5.10 Å². The lowest BCUT2D eigenvalue weighted by atomic mass is 10.2. The standard InChI is InChI=1S/C27H27N3O6/c1-3-33-24-12-20(8-10-22(24)34-16-19-6-4-18(2)5-7-19)14-29-30-26(31)15-28-27(32)21-9-11-23-25(13-21)36-17-35-23/h4-14H,3,15-17H2,1-2H3,(H,28,32)(H,30,31)/b29-14-. The van der Waals surface area contributed by atoms with Gasteiger partial charge in [0.05, 0.1) is 19.4 Å². The number of hydrogen-bond donors (Lipinski definition) is 2. The Labute approximate surface area is 209 Å². The molecule has 0 saturated carbocycles. The van der Waals surface area contributed by atoms with Crippen LogP contribution in [0.2, 0.25) is 0 Å². The van der Waals surface area contributed by atoms with Gasteiger partial charge in [-0.1, -0.05) is 29.8 Å². The molecule has 0 saturated heterocycles. The van der Waals surface area contributed by atoms with Crippen LogP contribution in [0.5, 0.6) is 23.0 Å². The molecule has 0 radical (unpaired) electrons. The van der Waals surface area contributed by atoms with Gasteiger partial charge in [-0.05, 0) is 61.4 Å². The maximum absolute atomic E-state index is 12.3. The molecule has 9 heteroatoms. The number of nitrogens with zero attached hydrogens (tertiary/aromatic N) is 1. The van der Waals surface area contributed by atoms with Gasteiger partial charge >= 0.3 is 0 Å². The number of carbonyl (C=O) groups excluding carboxylic acids is 2. The molecular weight excluding hydrogens is 462 g/mol. The molecular formula is C27H27N3O6. The summed E-state index contributed by atoms with van der Waals surface area (Å²) in [5.41, 5.74) is 5.72. The van der Waals surface area contributed by atoms with Crippen molar-refractivity contribution in [1.29, 1.82) is 0 Å². The maximum Gasteiger partial charge on any atom is 0.259 e. The average Bonchev–Trinajstić information content (AvgIpc) is 3.36. The van der Waals surface area contributed by atoms with Crippen LogP contribution in [0.25, 0.3) is 0 Å². The second-order valence-corrected chi connectivity index (χ2v) is 7.96. The molecule has 3 aromatic rings. The minimum atomic E-state index is -0.469. The lowest BCUT2D eigenvalue weighted by molar-refractivity contribution is -0.120. The van der Waals surface area contributed by atoms with Crippen molar-refractivity contribution in [2.75, 3.05) is 19.9 Å². The van der Waals surface area contributed by atoms with E-state index in [9.17, 15) is 9.59 Å². The number of carbonyl (C=O) groups is 2. The Morgan fingerprint density at radius 3 is 2.58 bits per heavy atom. The van der Waals surface area contributed by atoms with Crippen LogP contribution in [0.15, 0.2) is 65.8 Å². The van der Waals surface area contributed by atoms with E-state index in [0.717, 1.165) is 5.56 Å². The van der Waals surface area contributed by atoms with Crippen LogP contribution in [0.4, 0.5) is 0 Å². The Balaban J connectivity index is 1.28. The number of ether oxygens (including phenoxy) is 4. The first-order valence-corrected chi connectivity index (χ1v) is 11.5. The molecule has 4 rings (SSSR count). The van der Waals surface area contributed by atoms with Crippen molar-refractivity contribution in [1.82, 2.24) is 10.7 Å². The highest BCUT2D eigenvalue weighted by molar-refractivity contribution is 5.97. The number of amides is 2. The van der Waals surface area contributed by atoms with Gasteiger partial charge < -0.3 is 24.3 Å². The van der Waals surface area contributed by atoms with Crippen molar-refractivity contribution in [3.05, 3.63) is 82.9 Å². The number of nitrogens with one attached hydrogen (secondary N) is 2. The van der Waals surface area contributed by atoms with Crippen molar-refractivity contribution in [3.8, 4) is 23.0 Å². The summed E-state index contributed by atoms with van der Waals surface area (Å²) in [5.74, 6) is 1.39. The first-order valence-electron chi connectivity index (χ1n) is 11.5. The Bertz CT molecular complexity index is 1260. The van der Waals surface area contributed by atoms with Gasteiger partial charge in [-0.3, -0.25) is 9.59 Å². The van der Waals surface area contributed by atoms with E-state index < -0.39 is 11.8 Å². The molecule has 1 aliphatic heterocycles. The first-order chi connectivity index (χ1) is 17.5. The normalized spacial score (nSPS) is 11.8. The smallest absolute Gasteiger partial charge is 0.259 e. The summed E-state index contributed by atoms with van der Waals surface area (Å²) in [4.78, 5) is 24.4. The van der Waals surface area contributed by atoms with Gasteiger partial charge in [0, 0.05) is 5.56 Å². The summed E-state index contributed by atoms with van der Waals surface area (Å²) in [5, 5.41) is 6.51. The molecule has 0 aromatic heterocycles. The lowest BCUT2D eigenvalue weighted by Gasteiger charge is -2.13. The SMILES string of the molecule is CCOc1cc(/C=N\NC(=O)CNC(=O)c2ccc3c(c2)OCO3)ccc1OCc1ccc(C)cc1. The monoisotopic (exact) mass is 489 g/mol. The molecule has 0 bridgehead atoms. The molecule has 3 aromatic carbocycles. The minimum absolute atomic E-state index is 0.121. The van der Waals surface area contributed by atoms with E-state index in [4.69, 9.17) is 18.9 Å². The van der Waals surface area contributed by atoms with Crippen LogP contribution in [0.1, 0.15) is 34.0 Å². The Kier molecular flexibility index (Phi) is 8.02. The van der Waals surface area contributed by atoms with Crippen LogP contribution < -0.4 is 29.7 Å². The average molecular weight is 490 g/mol. The first kappa shape index (κ1) is 24.6. The molecule has 0 atom stereocenters. The molecule has 0 fully saturated rings. The van der Waals surface area contributed by atoms with Crippen molar-refractivity contribution in [2.24, 2.45) is 5.10 Å². The number of hydrazone groups is 1. The zero-order valence-corrected chi connectivity index (χ0v) is 20.1. The summed E-state index contributed by atoms with van der Waals surface area (Å²) in [6, 6.07) is 18.3. The number of rotatable bonds is 10. The van der Waals surface area contributed by atoms with Crippen LogP contribution in [0.3, 0.4) is 0 Å². The van der Waals surface area contributed by atoms with Crippen molar-refractivity contribution in [3.63, 3.8) is 0 Å². The molecule has 186 valence electrons. The van der Waals surface area contributed by atoms with E-state index in [-0.39, 0.29) is 13.3 Å². The molecule has 1 heterocycles. The molecule has 2 amide bonds. The predicted octanol–water partition coefficient (Wildman–Crippen LogP) is 3.58. The van der Waals surface area contributed by atoms with E-state index in [1.165, 1.54) is 11.8 Å². The van der Waals surface area contributed by atoms with Gasteiger partial charge in [0.15, 0.2) is 23.0 Å². The second-order valence-electron chi connectivity index (χ2n) is 7.96. The fourth-order valence-electron chi connectivity index (χ4n) is 3.36. The Morgan fingerprint density at radius 2 is 1.78 bits per heavy atom. The van der Waals surface area contributed by atoms with Gasteiger partial charge in [-0.15, -0.1) is 0 Å². The molecule has 0 spiro atoms. The maximum atomic E-state index is 12.3. The molecule has 1 aliphatic rings. The van der Waals surface area contributed by atoms with Gasteiger partial charge in [0.25, 0.3) is 11.8 Å². The van der Waals surface area contributed by atoms with Crippen molar-refractivity contribution >= 4 is 18.0 Å². The second kappa shape index (κ2) is 11.7. The number of fused-ring (bicyclic) bond motifs is 1. The third-order valence-electron chi connectivity index (χ3n) is 5.23. The van der Waals surface area contributed by atoms with E-state index in [1.807, 2.05) is 44.2 Å². The zero-order chi connectivity index (χ0) is 25.3. The number of hydrogen-bond acceptors (Lipinski definition) is 7. The molecule has 0 unspecified atom stereocenters. The van der Waals surface area contributed by atoms with Crippen LogP contribution in [-0.4, -0.2) is 38.0 Å². The molecule has 36 heavy (non-hydrogen) atoms. The highest BCUT2D eigenvalue weighted by atomic mass is 16.7. The third-order valence-corrected chi connectivity index (χ3v) is 5.23. The Morgan fingerprint density at radius 1 is 0.972 bits per heavy atom. The van der Waals surface area contributed by atoms with E-state index in [0.29, 0.717) is 47.3 Å².